The van der Waals surface area contributed by atoms with Gasteiger partial charge in [0, 0.05) is 30.3 Å². The lowest BCUT2D eigenvalue weighted by molar-refractivity contribution is -0.124. The molecule has 1 fully saturated rings. The number of hydrogen-bond acceptors (Lipinski definition) is 3. The molecule has 0 saturated heterocycles. The second-order valence-corrected chi connectivity index (χ2v) is 9.86. The van der Waals surface area contributed by atoms with Crippen LogP contribution in [-0.4, -0.2) is 28.6 Å². The summed E-state index contributed by atoms with van der Waals surface area (Å²) in [6.07, 6.45) is 4.36. The fraction of sp³-hybridized carbons (Fsp3) is 0.310. The lowest BCUT2D eigenvalue weighted by atomic mass is 9.94. The summed E-state index contributed by atoms with van der Waals surface area (Å²) in [6.45, 7) is 0. The number of rotatable bonds is 7. The number of hydrogen-bond donors (Lipinski definition) is 1. The van der Waals surface area contributed by atoms with E-state index < -0.39 is 23.8 Å². The summed E-state index contributed by atoms with van der Waals surface area (Å²) in [7, 11) is 1.54. The molecule has 2 atom stereocenters. The highest BCUT2D eigenvalue weighted by Crippen LogP contribution is 2.35. The normalized spacial score (nSPS) is 16.0. The van der Waals surface area contributed by atoms with Crippen LogP contribution in [-0.2, 0) is 9.53 Å². The van der Waals surface area contributed by atoms with Gasteiger partial charge < -0.3 is 14.6 Å². The Labute approximate surface area is 219 Å². The molecule has 37 heavy (non-hydrogen) atoms. The van der Waals surface area contributed by atoms with E-state index in [1.807, 2.05) is 30.3 Å². The van der Waals surface area contributed by atoms with Crippen LogP contribution in [0.5, 0.6) is 0 Å². The average Bonchev–Trinajstić information content (AvgIpc) is 3.23. The van der Waals surface area contributed by atoms with E-state index in [-0.39, 0.29) is 23.0 Å². The first-order valence-corrected chi connectivity index (χ1v) is 12.8. The minimum Gasteiger partial charge on any atom is -0.369 e. The minimum absolute atomic E-state index is 0.0442. The van der Waals surface area contributed by atoms with Gasteiger partial charge in [0.1, 0.15) is 18.0 Å². The fourth-order valence-corrected chi connectivity index (χ4v) is 5.40. The summed E-state index contributed by atoms with van der Waals surface area (Å²) in [6, 6.07) is 17.7. The molecule has 1 aliphatic rings. The third kappa shape index (κ3) is 5.24. The van der Waals surface area contributed by atoms with Crippen LogP contribution in [0.2, 0.25) is 5.02 Å². The third-order valence-corrected chi connectivity index (χ3v) is 7.19. The Kier molecular flexibility index (Phi) is 7.53. The molecule has 3 aromatic carbocycles. The largest absolute Gasteiger partial charge is 0.369 e. The molecule has 0 spiro atoms. The van der Waals surface area contributed by atoms with Crippen LogP contribution in [0.3, 0.4) is 0 Å². The van der Waals surface area contributed by atoms with Crippen molar-refractivity contribution in [2.75, 3.05) is 7.11 Å². The van der Waals surface area contributed by atoms with Gasteiger partial charge >= 0.3 is 0 Å². The SMILES string of the molecule is COC(c1ccccc1)c1nc2cc(F)c(F)cc2n1C(C(=O)NC1CCCCC1)c1cccc(Cl)c1. The van der Waals surface area contributed by atoms with Crippen molar-refractivity contribution in [3.8, 4) is 0 Å². The Morgan fingerprint density at radius 1 is 1.00 bits per heavy atom. The van der Waals surface area contributed by atoms with Gasteiger partial charge in [-0.3, -0.25) is 4.79 Å². The molecule has 4 aromatic rings. The molecule has 0 bridgehead atoms. The molecule has 5 nitrogen and oxygen atoms in total. The maximum absolute atomic E-state index is 14.6. The molecule has 2 unspecified atom stereocenters. The van der Waals surface area contributed by atoms with Crippen molar-refractivity contribution in [2.45, 2.75) is 50.3 Å². The summed E-state index contributed by atoms with van der Waals surface area (Å²) in [5.74, 6) is -1.94. The Balaban J connectivity index is 1.73. The van der Waals surface area contributed by atoms with Crippen molar-refractivity contribution in [3.05, 3.63) is 100 Å². The second-order valence-electron chi connectivity index (χ2n) is 9.42. The number of halogens is 3. The van der Waals surface area contributed by atoms with Gasteiger partial charge in [0.25, 0.3) is 0 Å². The molecule has 1 heterocycles. The number of ether oxygens (including phenoxy) is 1. The predicted molar refractivity (Wildman–Crippen MR) is 140 cm³/mol. The average molecular weight is 524 g/mol. The number of fused-ring (bicyclic) bond motifs is 1. The van der Waals surface area contributed by atoms with Gasteiger partial charge in [-0.05, 0) is 36.1 Å². The van der Waals surface area contributed by atoms with E-state index in [2.05, 4.69) is 10.3 Å². The van der Waals surface area contributed by atoms with Gasteiger partial charge in [-0.25, -0.2) is 13.8 Å². The third-order valence-electron chi connectivity index (χ3n) is 6.95. The zero-order valence-corrected chi connectivity index (χ0v) is 21.2. The van der Waals surface area contributed by atoms with Crippen LogP contribution < -0.4 is 5.32 Å². The van der Waals surface area contributed by atoms with E-state index in [0.29, 0.717) is 16.4 Å². The second kappa shape index (κ2) is 11.0. The number of imidazole rings is 1. The van der Waals surface area contributed by atoms with Crippen molar-refractivity contribution < 1.29 is 18.3 Å². The number of methoxy groups -OCH3 is 1. The first-order chi connectivity index (χ1) is 18.0. The number of amides is 1. The van der Waals surface area contributed by atoms with Crippen molar-refractivity contribution >= 4 is 28.5 Å². The molecule has 0 aliphatic heterocycles. The number of carbonyl (C=O) groups excluding carboxylic acids is 1. The van der Waals surface area contributed by atoms with Gasteiger partial charge in [0.05, 0.1) is 11.0 Å². The van der Waals surface area contributed by atoms with Crippen LogP contribution in [0, 0.1) is 11.6 Å². The smallest absolute Gasteiger partial charge is 0.247 e. The van der Waals surface area contributed by atoms with Gasteiger partial charge in [0.2, 0.25) is 5.91 Å². The Bertz CT molecular complexity index is 1400. The van der Waals surface area contributed by atoms with Gasteiger partial charge in [0.15, 0.2) is 11.6 Å². The summed E-state index contributed by atoms with van der Waals surface area (Å²) in [4.78, 5) is 18.7. The van der Waals surface area contributed by atoms with Crippen LogP contribution in [0.15, 0.2) is 66.7 Å². The summed E-state index contributed by atoms with van der Waals surface area (Å²) >= 11 is 6.35. The lowest BCUT2D eigenvalue weighted by Crippen LogP contribution is -2.41. The molecule has 8 heteroatoms. The highest BCUT2D eigenvalue weighted by Gasteiger charge is 2.33. The highest BCUT2D eigenvalue weighted by atomic mass is 35.5. The van der Waals surface area contributed by atoms with E-state index >= 15 is 0 Å². The predicted octanol–water partition coefficient (Wildman–Crippen LogP) is 6.74. The molecular weight excluding hydrogens is 496 g/mol. The van der Waals surface area contributed by atoms with E-state index in [9.17, 15) is 13.6 Å². The standard InChI is InChI=1S/C29H28ClF2N3O2/c1-37-27(18-9-4-2-5-10-18)28-34-24-16-22(31)23(32)17-25(24)35(28)26(19-11-8-12-20(30)15-19)29(36)33-21-13-6-3-7-14-21/h2,4-5,8-12,15-17,21,26-27H,3,6-7,13-14H2,1H3,(H,33,36). The van der Waals surface area contributed by atoms with Gasteiger partial charge in [-0.15, -0.1) is 0 Å². The van der Waals surface area contributed by atoms with Crippen LogP contribution in [0.25, 0.3) is 11.0 Å². The molecule has 1 saturated carbocycles. The molecule has 1 aliphatic carbocycles. The van der Waals surface area contributed by atoms with Crippen molar-refractivity contribution in [1.82, 2.24) is 14.9 Å². The number of benzene rings is 3. The number of nitrogens with zero attached hydrogens (tertiary/aromatic N) is 2. The monoisotopic (exact) mass is 523 g/mol. The number of carbonyl (C=O) groups is 1. The molecule has 192 valence electrons. The zero-order chi connectivity index (χ0) is 25.9. The first-order valence-electron chi connectivity index (χ1n) is 12.5. The quantitative estimate of drug-likeness (QED) is 0.292. The number of nitrogens with one attached hydrogen (secondary N) is 1. The minimum atomic E-state index is -1.02. The van der Waals surface area contributed by atoms with E-state index in [1.54, 1.807) is 35.9 Å². The van der Waals surface area contributed by atoms with E-state index in [1.165, 1.54) is 0 Å². The molecule has 1 aromatic heterocycles. The topological polar surface area (TPSA) is 56.2 Å². The van der Waals surface area contributed by atoms with Gasteiger partial charge in [-0.2, -0.15) is 0 Å². The van der Waals surface area contributed by atoms with Crippen molar-refractivity contribution in [3.63, 3.8) is 0 Å². The van der Waals surface area contributed by atoms with Crippen LogP contribution >= 0.6 is 11.6 Å². The molecule has 5 rings (SSSR count). The van der Waals surface area contributed by atoms with Crippen molar-refractivity contribution in [2.24, 2.45) is 0 Å². The van der Waals surface area contributed by atoms with Crippen LogP contribution in [0.1, 0.15) is 61.2 Å². The fourth-order valence-electron chi connectivity index (χ4n) is 5.21. The molecule has 0 radical (unpaired) electrons. The maximum Gasteiger partial charge on any atom is 0.247 e. The maximum atomic E-state index is 14.6. The zero-order valence-electron chi connectivity index (χ0n) is 20.5. The van der Waals surface area contributed by atoms with E-state index in [4.69, 9.17) is 16.3 Å². The lowest BCUT2D eigenvalue weighted by Gasteiger charge is -2.28. The summed E-state index contributed by atoms with van der Waals surface area (Å²) < 4.78 is 36.4. The summed E-state index contributed by atoms with van der Waals surface area (Å²) in [5, 5.41) is 3.66. The highest BCUT2D eigenvalue weighted by molar-refractivity contribution is 6.30. The first kappa shape index (κ1) is 25.4. The summed E-state index contributed by atoms with van der Waals surface area (Å²) in [5.41, 5.74) is 1.91. The van der Waals surface area contributed by atoms with Crippen LogP contribution in [0.4, 0.5) is 8.78 Å². The molecule has 1 N–H and O–H groups in total. The molecule has 1 amide bonds. The van der Waals surface area contributed by atoms with E-state index in [0.717, 1.165) is 49.8 Å². The Morgan fingerprint density at radius 2 is 1.70 bits per heavy atom. The Morgan fingerprint density at radius 3 is 2.41 bits per heavy atom. The Hall–Kier alpha value is -3.29. The van der Waals surface area contributed by atoms with Crippen molar-refractivity contribution in [1.29, 1.82) is 0 Å². The molecular formula is C29H28ClF2N3O2. The number of aromatic nitrogens is 2. The van der Waals surface area contributed by atoms with Gasteiger partial charge in [-0.1, -0.05) is 73.3 Å².